The lowest BCUT2D eigenvalue weighted by atomic mass is 9.88. The molecule has 0 unspecified atom stereocenters. The van der Waals surface area contributed by atoms with Crippen LogP contribution >= 0.6 is 0 Å². The van der Waals surface area contributed by atoms with Gasteiger partial charge >= 0.3 is 0 Å². The van der Waals surface area contributed by atoms with Crippen LogP contribution in [0.4, 0.5) is 0 Å². The molecule has 24 heavy (non-hydrogen) atoms. The number of fused-ring (bicyclic) bond motifs is 1. The van der Waals surface area contributed by atoms with Crippen molar-refractivity contribution < 1.29 is 13.2 Å². The van der Waals surface area contributed by atoms with Crippen molar-refractivity contribution in [2.45, 2.75) is 44.0 Å². The lowest BCUT2D eigenvalue weighted by Gasteiger charge is -2.26. The van der Waals surface area contributed by atoms with Gasteiger partial charge in [-0.2, -0.15) is 0 Å². The maximum atomic E-state index is 12.9. The zero-order valence-corrected chi connectivity index (χ0v) is 15.1. The van der Waals surface area contributed by atoms with E-state index in [0.29, 0.717) is 10.6 Å². The van der Waals surface area contributed by atoms with Gasteiger partial charge in [-0.1, -0.05) is 24.3 Å². The van der Waals surface area contributed by atoms with E-state index in [1.54, 1.807) is 19.2 Å². The van der Waals surface area contributed by atoms with Crippen molar-refractivity contribution in [3.8, 4) is 5.75 Å². The van der Waals surface area contributed by atoms with Crippen molar-refractivity contribution in [2.24, 2.45) is 0 Å². The molecule has 1 N–H and O–H groups in total. The average Bonchev–Trinajstić information content (AvgIpc) is 2.57. The Balaban J connectivity index is 1.95. The Labute approximate surface area is 143 Å². The van der Waals surface area contributed by atoms with Gasteiger partial charge in [0.25, 0.3) is 0 Å². The largest absolute Gasteiger partial charge is 0.496 e. The Kier molecular flexibility index (Phi) is 4.65. The molecular formula is C19H23NO3S. The first kappa shape index (κ1) is 17.0. The molecule has 3 rings (SSSR count). The summed E-state index contributed by atoms with van der Waals surface area (Å²) >= 11 is 0. The lowest BCUT2D eigenvalue weighted by Crippen LogP contribution is -2.31. The van der Waals surface area contributed by atoms with E-state index in [4.69, 9.17) is 4.74 Å². The van der Waals surface area contributed by atoms with Gasteiger partial charge in [-0.25, -0.2) is 13.1 Å². The van der Waals surface area contributed by atoms with Gasteiger partial charge < -0.3 is 4.74 Å². The molecule has 0 amide bonds. The van der Waals surface area contributed by atoms with Gasteiger partial charge in [0.2, 0.25) is 10.0 Å². The van der Waals surface area contributed by atoms with Gasteiger partial charge in [0.15, 0.2) is 0 Å². The number of benzene rings is 2. The van der Waals surface area contributed by atoms with Gasteiger partial charge in [0.05, 0.1) is 12.0 Å². The zero-order chi connectivity index (χ0) is 17.3. The molecule has 5 heteroatoms. The van der Waals surface area contributed by atoms with Crippen molar-refractivity contribution in [3.05, 3.63) is 58.7 Å². The summed E-state index contributed by atoms with van der Waals surface area (Å²) in [5.41, 5.74) is 3.91. The predicted octanol–water partition coefficient (Wildman–Crippen LogP) is 3.67. The van der Waals surface area contributed by atoms with E-state index in [9.17, 15) is 8.42 Å². The molecule has 1 aliphatic carbocycles. The Morgan fingerprint density at radius 2 is 1.83 bits per heavy atom. The number of hydrogen-bond donors (Lipinski definition) is 1. The van der Waals surface area contributed by atoms with Crippen LogP contribution in [0.5, 0.6) is 5.75 Å². The highest BCUT2D eigenvalue weighted by Crippen LogP contribution is 2.32. The summed E-state index contributed by atoms with van der Waals surface area (Å²) in [6.07, 6.45) is 2.82. The molecule has 2 aromatic rings. The third kappa shape index (κ3) is 3.06. The van der Waals surface area contributed by atoms with Gasteiger partial charge in [-0.05, 0) is 67.5 Å². The lowest BCUT2D eigenvalue weighted by molar-refractivity contribution is 0.410. The van der Waals surface area contributed by atoms with Gasteiger partial charge in [-0.3, -0.25) is 0 Å². The highest BCUT2D eigenvalue weighted by molar-refractivity contribution is 7.89. The summed E-state index contributed by atoms with van der Waals surface area (Å²) in [5, 5.41) is 0. The molecule has 0 saturated heterocycles. The third-order valence-electron chi connectivity index (χ3n) is 4.86. The number of hydrogen-bond acceptors (Lipinski definition) is 3. The van der Waals surface area contributed by atoms with Crippen LogP contribution in [0.3, 0.4) is 0 Å². The van der Waals surface area contributed by atoms with Crippen LogP contribution in [0.25, 0.3) is 0 Å². The minimum absolute atomic E-state index is 0.165. The van der Waals surface area contributed by atoms with Gasteiger partial charge in [0.1, 0.15) is 5.75 Å². The van der Waals surface area contributed by atoms with Crippen LogP contribution in [0.2, 0.25) is 0 Å². The Hall–Kier alpha value is -1.85. The molecule has 2 aromatic carbocycles. The monoisotopic (exact) mass is 345 g/mol. The number of nitrogens with one attached hydrogen (secondary N) is 1. The molecular weight excluding hydrogens is 322 g/mol. The van der Waals surface area contributed by atoms with Crippen LogP contribution < -0.4 is 9.46 Å². The number of rotatable bonds is 4. The molecule has 1 aliphatic rings. The number of methoxy groups -OCH3 is 1. The smallest absolute Gasteiger partial charge is 0.241 e. The Bertz CT molecular complexity index is 859. The second kappa shape index (κ2) is 6.57. The summed E-state index contributed by atoms with van der Waals surface area (Å²) in [4.78, 5) is 0.323. The van der Waals surface area contributed by atoms with Crippen molar-refractivity contribution in [3.63, 3.8) is 0 Å². The van der Waals surface area contributed by atoms with Gasteiger partial charge in [0, 0.05) is 6.04 Å². The van der Waals surface area contributed by atoms with Crippen molar-refractivity contribution in [2.75, 3.05) is 7.11 Å². The highest BCUT2D eigenvalue weighted by atomic mass is 32.2. The summed E-state index contributed by atoms with van der Waals surface area (Å²) in [6.45, 7) is 3.70. The number of sulfonamides is 1. The summed E-state index contributed by atoms with van der Waals surface area (Å²) in [7, 11) is -2.00. The molecule has 0 saturated carbocycles. The summed E-state index contributed by atoms with van der Waals surface area (Å²) in [6, 6.07) is 11.2. The summed E-state index contributed by atoms with van der Waals surface area (Å²) < 4.78 is 34.0. The molecule has 0 aliphatic heterocycles. The maximum Gasteiger partial charge on any atom is 0.241 e. The highest BCUT2D eigenvalue weighted by Gasteiger charge is 2.27. The second-order valence-corrected chi connectivity index (χ2v) is 7.96. The van der Waals surface area contributed by atoms with Gasteiger partial charge in [-0.15, -0.1) is 0 Å². The van der Waals surface area contributed by atoms with Crippen molar-refractivity contribution in [1.29, 1.82) is 0 Å². The third-order valence-corrected chi connectivity index (χ3v) is 6.48. The SMILES string of the molecule is COc1ccc(S(=O)(=O)N[C@@H]2CCCc3ccccc32)c(C)c1C. The first-order chi connectivity index (χ1) is 11.4. The molecule has 4 nitrogen and oxygen atoms in total. The van der Waals surface area contributed by atoms with E-state index in [1.165, 1.54) is 5.56 Å². The predicted molar refractivity (Wildman–Crippen MR) is 94.9 cm³/mol. The van der Waals surface area contributed by atoms with Crippen LogP contribution in [0.15, 0.2) is 41.3 Å². The fourth-order valence-electron chi connectivity index (χ4n) is 3.41. The standard InChI is InChI=1S/C19H23NO3S/c1-13-14(2)19(12-11-18(13)23-3)24(21,22)20-17-10-6-8-15-7-4-5-9-16(15)17/h4-5,7,9,11-12,17,20H,6,8,10H2,1-3H3/t17-/m1/s1. The topological polar surface area (TPSA) is 55.4 Å². The minimum Gasteiger partial charge on any atom is -0.496 e. The van der Waals surface area contributed by atoms with Crippen molar-refractivity contribution in [1.82, 2.24) is 4.72 Å². The zero-order valence-electron chi connectivity index (χ0n) is 14.3. The Morgan fingerprint density at radius 3 is 2.58 bits per heavy atom. The average molecular weight is 345 g/mol. The van der Waals surface area contributed by atoms with E-state index >= 15 is 0 Å². The van der Waals surface area contributed by atoms with Crippen LogP contribution in [0, 0.1) is 13.8 Å². The Morgan fingerprint density at radius 1 is 1.08 bits per heavy atom. The fraction of sp³-hybridized carbons (Fsp3) is 0.368. The van der Waals surface area contributed by atoms with Crippen LogP contribution in [-0.2, 0) is 16.4 Å². The molecule has 0 aromatic heterocycles. The molecule has 0 fully saturated rings. The number of ether oxygens (including phenoxy) is 1. The molecule has 0 radical (unpaired) electrons. The van der Waals surface area contributed by atoms with Crippen molar-refractivity contribution >= 4 is 10.0 Å². The second-order valence-electron chi connectivity index (χ2n) is 6.28. The number of aryl methyl sites for hydroxylation is 1. The molecule has 128 valence electrons. The van der Waals surface area contributed by atoms with E-state index in [1.807, 2.05) is 32.0 Å². The normalized spacial score (nSPS) is 17.4. The van der Waals surface area contributed by atoms with E-state index in [2.05, 4.69) is 10.8 Å². The first-order valence-electron chi connectivity index (χ1n) is 8.18. The minimum atomic E-state index is -3.59. The quantitative estimate of drug-likeness (QED) is 0.920. The first-order valence-corrected chi connectivity index (χ1v) is 9.66. The van der Waals surface area contributed by atoms with E-state index in [-0.39, 0.29) is 6.04 Å². The molecule has 0 heterocycles. The molecule has 0 bridgehead atoms. The summed E-state index contributed by atoms with van der Waals surface area (Å²) in [5.74, 6) is 0.703. The maximum absolute atomic E-state index is 12.9. The molecule has 0 spiro atoms. The van der Waals surface area contributed by atoms with E-state index < -0.39 is 10.0 Å². The fourth-order valence-corrected chi connectivity index (χ4v) is 4.96. The van der Waals surface area contributed by atoms with E-state index in [0.717, 1.165) is 36.0 Å². The van der Waals surface area contributed by atoms with Crippen LogP contribution in [-0.4, -0.2) is 15.5 Å². The molecule has 1 atom stereocenters. The van der Waals surface area contributed by atoms with Crippen LogP contribution in [0.1, 0.15) is 41.1 Å².